The molecule has 9 nitrogen and oxygen atoms in total. The fourth-order valence-electron chi connectivity index (χ4n) is 4.91. The van der Waals surface area contributed by atoms with Gasteiger partial charge in [-0.2, -0.15) is 5.10 Å². The molecule has 190 valence electrons. The van der Waals surface area contributed by atoms with Gasteiger partial charge in [0.25, 0.3) is 0 Å². The Balaban J connectivity index is 1.72. The summed E-state index contributed by atoms with van der Waals surface area (Å²) in [6.07, 6.45) is 4.56. The standard InChI is InChI=1S/C28H27N3O6/c1-14-24(33)22(19(32)11-12-30(4)5)26-23(25(14)34)28(3)20(37-26)13-18-21(27(28)35)15(2)29-31(18)16-7-9-17(36-6)10-8-16/h7-13,33-34H,1-6H3. The van der Waals surface area contributed by atoms with Crippen LogP contribution in [0.3, 0.4) is 0 Å². The highest BCUT2D eigenvalue weighted by molar-refractivity contribution is 6.16. The molecule has 9 heteroatoms. The number of aryl methyl sites for hydroxylation is 1. The van der Waals surface area contributed by atoms with Crippen LogP contribution in [0.1, 0.15) is 50.2 Å². The number of benzene rings is 2. The van der Waals surface area contributed by atoms with E-state index in [9.17, 15) is 19.8 Å². The summed E-state index contributed by atoms with van der Waals surface area (Å²) < 4.78 is 13.0. The lowest BCUT2D eigenvalue weighted by Gasteiger charge is -2.27. The largest absolute Gasteiger partial charge is 0.507 e. The van der Waals surface area contributed by atoms with Gasteiger partial charge in [-0.1, -0.05) is 0 Å². The quantitative estimate of drug-likeness (QED) is 0.398. The van der Waals surface area contributed by atoms with E-state index >= 15 is 0 Å². The van der Waals surface area contributed by atoms with E-state index in [2.05, 4.69) is 5.10 Å². The first-order chi connectivity index (χ1) is 17.5. The third kappa shape index (κ3) is 3.34. The molecule has 2 aromatic carbocycles. The molecule has 0 spiro atoms. The maximum atomic E-state index is 14.1. The average Bonchev–Trinajstić information content (AvgIpc) is 3.36. The van der Waals surface area contributed by atoms with E-state index in [-0.39, 0.29) is 39.7 Å². The van der Waals surface area contributed by atoms with Crippen molar-refractivity contribution < 1.29 is 29.3 Å². The zero-order valence-electron chi connectivity index (χ0n) is 21.4. The first-order valence-corrected chi connectivity index (χ1v) is 11.7. The van der Waals surface area contributed by atoms with E-state index in [0.717, 1.165) is 5.69 Å². The number of hydrogen-bond donors (Lipinski definition) is 2. The van der Waals surface area contributed by atoms with Crippen molar-refractivity contribution in [3.63, 3.8) is 0 Å². The molecule has 0 fully saturated rings. The Bertz CT molecular complexity index is 1550. The van der Waals surface area contributed by atoms with Gasteiger partial charge >= 0.3 is 0 Å². The molecule has 1 aliphatic carbocycles. The minimum absolute atomic E-state index is 0.0251. The predicted molar refractivity (Wildman–Crippen MR) is 137 cm³/mol. The highest BCUT2D eigenvalue weighted by Gasteiger charge is 2.55. The second-order valence-corrected chi connectivity index (χ2v) is 9.57. The molecule has 0 amide bonds. The number of phenols is 2. The summed E-state index contributed by atoms with van der Waals surface area (Å²) in [5.41, 5.74) is 0.876. The number of hydrogen-bond acceptors (Lipinski definition) is 8. The minimum atomic E-state index is -1.41. The zero-order chi connectivity index (χ0) is 26.8. The maximum Gasteiger partial charge on any atom is 0.194 e. The van der Waals surface area contributed by atoms with Crippen molar-refractivity contribution in [1.82, 2.24) is 14.7 Å². The molecule has 2 aliphatic rings. The summed E-state index contributed by atoms with van der Waals surface area (Å²) in [5, 5.41) is 26.6. The Morgan fingerprint density at radius 3 is 2.46 bits per heavy atom. The van der Waals surface area contributed by atoms with Crippen LogP contribution in [-0.2, 0) is 5.41 Å². The van der Waals surface area contributed by atoms with Gasteiger partial charge in [0.1, 0.15) is 39.7 Å². The van der Waals surface area contributed by atoms with Crippen LogP contribution in [0.4, 0.5) is 0 Å². The Labute approximate surface area is 213 Å². The molecule has 0 bridgehead atoms. The fourth-order valence-corrected chi connectivity index (χ4v) is 4.91. The van der Waals surface area contributed by atoms with E-state index in [0.29, 0.717) is 22.7 Å². The first-order valence-electron chi connectivity index (χ1n) is 11.7. The van der Waals surface area contributed by atoms with Gasteiger partial charge in [0.2, 0.25) is 0 Å². The smallest absolute Gasteiger partial charge is 0.194 e. The SMILES string of the molecule is COc1ccc(-n2nc(C)c3c2C=C2Oc4c(C(=O)C=CN(C)C)c(O)c(C)c(O)c4C2(C)C3=O)cc1. The number of phenolic OH excluding ortho intramolecular Hbond substituents is 2. The van der Waals surface area contributed by atoms with Gasteiger partial charge in [-0.25, -0.2) is 4.68 Å². The van der Waals surface area contributed by atoms with Crippen molar-refractivity contribution in [3.05, 3.63) is 75.9 Å². The lowest BCUT2D eigenvalue weighted by molar-refractivity contribution is 0.0905. The van der Waals surface area contributed by atoms with Crippen LogP contribution in [0.5, 0.6) is 23.0 Å². The Hall–Kier alpha value is -4.53. The van der Waals surface area contributed by atoms with Crippen LogP contribution >= 0.6 is 0 Å². The van der Waals surface area contributed by atoms with E-state index < -0.39 is 16.9 Å². The number of ketones is 2. The molecule has 37 heavy (non-hydrogen) atoms. The van der Waals surface area contributed by atoms with Crippen LogP contribution in [0.25, 0.3) is 11.8 Å². The maximum absolute atomic E-state index is 14.1. The van der Waals surface area contributed by atoms with E-state index in [1.165, 1.54) is 13.0 Å². The fraction of sp³-hybridized carbons (Fsp3) is 0.250. The second kappa shape index (κ2) is 8.26. The van der Waals surface area contributed by atoms with Gasteiger partial charge < -0.3 is 24.6 Å². The highest BCUT2D eigenvalue weighted by atomic mass is 16.5. The molecule has 2 heterocycles. The summed E-state index contributed by atoms with van der Waals surface area (Å²) in [6.45, 7) is 4.90. The van der Waals surface area contributed by atoms with Gasteiger partial charge in [0, 0.05) is 38.0 Å². The monoisotopic (exact) mass is 501 g/mol. The predicted octanol–water partition coefficient (Wildman–Crippen LogP) is 4.05. The van der Waals surface area contributed by atoms with Gasteiger partial charge in [0.05, 0.1) is 35.3 Å². The van der Waals surface area contributed by atoms with E-state index in [1.807, 2.05) is 12.1 Å². The molecule has 1 unspecified atom stereocenters. The summed E-state index contributed by atoms with van der Waals surface area (Å²) in [5.74, 6) is -0.619. The number of allylic oxidation sites excluding steroid dienone is 2. The van der Waals surface area contributed by atoms with Gasteiger partial charge in [0.15, 0.2) is 11.6 Å². The van der Waals surface area contributed by atoms with Crippen LogP contribution in [0.2, 0.25) is 0 Å². The number of methoxy groups -OCH3 is 1. The number of ether oxygens (including phenoxy) is 2. The zero-order valence-corrected chi connectivity index (χ0v) is 21.4. The van der Waals surface area contributed by atoms with E-state index in [4.69, 9.17) is 9.47 Å². The molecular formula is C28H27N3O6. The molecule has 1 aromatic heterocycles. The molecule has 5 rings (SSSR count). The number of carbonyl (C=O) groups excluding carboxylic acids is 2. The van der Waals surface area contributed by atoms with Crippen LogP contribution < -0.4 is 9.47 Å². The summed E-state index contributed by atoms with van der Waals surface area (Å²) >= 11 is 0. The van der Waals surface area contributed by atoms with Crippen molar-refractivity contribution in [2.75, 3.05) is 21.2 Å². The molecule has 1 aliphatic heterocycles. The number of aromatic hydroxyl groups is 2. The summed E-state index contributed by atoms with van der Waals surface area (Å²) in [4.78, 5) is 28.9. The van der Waals surface area contributed by atoms with Gasteiger partial charge in [-0.3, -0.25) is 9.59 Å². The number of aromatic nitrogens is 2. The number of rotatable bonds is 5. The first kappa shape index (κ1) is 24.2. The Morgan fingerprint density at radius 2 is 1.84 bits per heavy atom. The number of carbonyl (C=O) groups is 2. The Kier molecular flexibility index (Phi) is 5.40. The Morgan fingerprint density at radius 1 is 1.16 bits per heavy atom. The second-order valence-electron chi connectivity index (χ2n) is 9.57. The minimum Gasteiger partial charge on any atom is -0.507 e. The molecular weight excluding hydrogens is 474 g/mol. The highest BCUT2D eigenvalue weighted by Crippen LogP contribution is 2.58. The summed E-state index contributed by atoms with van der Waals surface area (Å²) in [6, 6.07) is 7.25. The van der Waals surface area contributed by atoms with Crippen molar-refractivity contribution >= 4 is 17.6 Å². The summed E-state index contributed by atoms with van der Waals surface area (Å²) in [7, 11) is 5.10. The normalized spacial score (nSPS) is 17.7. The molecule has 0 radical (unpaired) electrons. The molecule has 0 saturated heterocycles. The number of Topliss-reactive ketones (excluding diaryl/α,β-unsaturated/α-hetero) is 1. The molecule has 3 aromatic rings. The van der Waals surface area contributed by atoms with Crippen molar-refractivity contribution in [1.29, 1.82) is 0 Å². The van der Waals surface area contributed by atoms with Crippen molar-refractivity contribution in [2.24, 2.45) is 0 Å². The molecule has 1 atom stereocenters. The molecule has 0 saturated carbocycles. The van der Waals surface area contributed by atoms with Crippen LogP contribution in [-0.4, -0.2) is 57.7 Å². The third-order valence-corrected chi connectivity index (χ3v) is 6.98. The van der Waals surface area contributed by atoms with Crippen molar-refractivity contribution in [3.8, 4) is 28.7 Å². The van der Waals surface area contributed by atoms with Gasteiger partial charge in [-0.05, 0) is 45.0 Å². The van der Waals surface area contributed by atoms with E-state index in [1.54, 1.807) is 69.0 Å². The lowest BCUT2D eigenvalue weighted by atomic mass is 9.71. The van der Waals surface area contributed by atoms with Crippen LogP contribution in [0, 0.1) is 13.8 Å². The number of fused-ring (bicyclic) bond motifs is 4. The average molecular weight is 502 g/mol. The topological polar surface area (TPSA) is 114 Å². The third-order valence-electron chi connectivity index (χ3n) is 6.98. The molecule has 2 N–H and O–H groups in total. The van der Waals surface area contributed by atoms with Crippen molar-refractivity contribution in [2.45, 2.75) is 26.2 Å². The lowest BCUT2D eigenvalue weighted by Crippen LogP contribution is -2.36. The number of nitrogens with zero attached hydrogens (tertiary/aromatic N) is 3. The van der Waals surface area contributed by atoms with Crippen LogP contribution in [0.15, 0.2) is 42.3 Å². The van der Waals surface area contributed by atoms with Gasteiger partial charge in [-0.15, -0.1) is 0 Å².